The number of hydrogen-bond acceptors (Lipinski definition) is 6. The van der Waals surface area contributed by atoms with Crippen molar-refractivity contribution >= 4 is 16.9 Å². The van der Waals surface area contributed by atoms with Crippen LogP contribution in [-0.4, -0.2) is 39.5 Å². The van der Waals surface area contributed by atoms with E-state index in [-0.39, 0.29) is 12.1 Å². The van der Waals surface area contributed by atoms with Gasteiger partial charge < -0.3 is 10.2 Å². The van der Waals surface area contributed by atoms with Crippen LogP contribution in [0.1, 0.15) is 61.3 Å². The van der Waals surface area contributed by atoms with Crippen LogP contribution in [0, 0.1) is 17.1 Å². The number of aromatic nitrogens is 3. The van der Waals surface area contributed by atoms with Crippen LogP contribution in [0.5, 0.6) is 0 Å². The summed E-state index contributed by atoms with van der Waals surface area (Å²) in [5.41, 5.74) is 1.22. The molecule has 1 saturated heterocycles. The molecule has 3 aromatic rings. The Bertz CT molecular complexity index is 1340. The number of nitrogens with one attached hydrogen (secondary N) is 1. The van der Waals surface area contributed by atoms with Gasteiger partial charge in [-0.05, 0) is 50.4 Å². The van der Waals surface area contributed by atoms with Gasteiger partial charge in [-0.2, -0.15) is 5.26 Å². The van der Waals surface area contributed by atoms with Crippen molar-refractivity contribution in [2.75, 3.05) is 25.0 Å². The van der Waals surface area contributed by atoms with Crippen LogP contribution in [0.2, 0.25) is 0 Å². The van der Waals surface area contributed by atoms with E-state index >= 15 is 0 Å². The van der Waals surface area contributed by atoms with E-state index in [1.807, 2.05) is 13.0 Å². The minimum atomic E-state index is -3.28. The van der Waals surface area contributed by atoms with Crippen molar-refractivity contribution in [3.8, 4) is 6.07 Å². The normalized spacial score (nSPS) is 17.0. The molecule has 2 aromatic heterocycles. The van der Waals surface area contributed by atoms with E-state index in [4.69, 9.17) is 15.0 Å². The molecule has 1 aromatic carbocycles. The van der Waals surface area contributed by atoms with E-state index in [0.29, 0.717) is 42.4 Å². The second-order valence-electron chi connectivity index (χ2n) is 9.86. The molecule has 0 unspecified atom stereocenters. The second-order valence-corrected chi connectivity index (χ2v) is 9.86. The predicted molar refractivity (Wildman–Crippen MR) is 131 cm³/mol. The molecule has 9 heteroatoms. The Balaban J connectivity index is 1.53. The van der Waals surface area contributed by atoms with Gasteiger partial charge in [0, 0.05) is 37.7 Å². The second kappa shape index (κ2) is 9.32. The van der Waals surface area contributed by atoms with Crippen molar-refractivity contribution in [2.24, 2.45) is 0 Å². The summed E-state index contributed by atoms with van der Waals surface area (Å²) in [7, 11) is 0. The van der Waals surface area contributed by atoms with E-state index in [2.05, 4.69) is 16.3 Å². The molecule has 2 aliphatic rings. The van der Waals surface area contributed by atoms with Crippen LogP contribution in [0.3, 0.4) is 0 Å². The lowest BCUT2D eigenvalue weighted by molar-refractivity contribution is 0.0136. The number of nitrogens with zero attached hydrogens (tertiary/aromatic N) is 5. The first-order chi connectivity index (χ1) is 17.2. The number of halogens is 3. The van der Waals surface area contributed by atoms with Crippen molar-refractivity contribution in [2.45, 2.75) is 63.8 Å². The van der Waals surface area contributed by atoms with Gasteiger partial charge in [0.1, 0.15) is 17.5 Å². The Morgan fingerprint density at radius 1 is 1.19 bits per heavy atom. The molecule has 1 saturated carbocycles. The van der Waals surface area contributed by atoms with E-state index in [0.717, 1.165) is 49.8 Å². The number of benzene rings is 1. The molecule has 6 nitrogen and oxygen atoms in total. The summed E-state index contributed by atoms with van der Waals surface area (Å²) in [5, 5.41) is 13.6. The van der Waals surface area contributed by atoms with E-state index < -0.39 is 22.7 Å². The molecule has 188 valence electrons. The van der Waals surface area contributed by atoms with Crippen molar-refractivity contribution < 1.29 is 13.2 Å². The van der Waals surface area contributed by atoms with E-state index in [9.17, 15) is 18.4 Å². The van der Waals surface area contributed by atoms with E-state index in [1.54, 1.807) is 0 Å². The van der Waals surface area contributed by atoms with Gasteiger partial charge in [0.25, 0.3) is 5.92 Å². The number of likely N-dealkylation sites (tertiary alicyclic amines) is 1. The maximum Gasteiger partial charge on any atom is 0.273 e. The summed E-state index contributed by atoms with van der Waals surface area (Å²) >= 11 is 0. The highest BCUT2D eigenvalue weighted by atomic mass is 19.3. The molecule has 0 bridgehead atoms. The predicted octanol–water partition coefficient (Wildman–Crippen LogP) is 5.25. The zero-order valence-corrected chi connectivity index (χ0v) is 20.5. The lowest BCUT2D eigenvalue weighted by atomic mass is 9.94. The molecule has 0 atom stereocenters. The molecule has 36 heavy (non-hydrogen) atoms. The molecule has 5 rings (SSSR count). The van der Waals surface area contributed by atoms with Crippen molar-refractivity contribution in [3.05, 3.63) is 58.3 Å². The van der Waals surface area contributed by atoms with Gasteiger partial charge in [-0.15, -0.1) is 0 Å². The molecule has 1 aliphatic carbocycles. The lowest BCUT2D eigenvalue weighted by Crippen LogP contribution is -2.38. The SMILES string of the molecule is CCc1nc2nc(CCN3CCC3)nc(NCc3cccc(C(C)(F)F)c3F)c2cc1C1(C#N)CC1. The zero-order chi connectivity index (χ0) is 25.5. The third kappa shape index (κ3) is 4.62. The number of fused-ring (bicyclic) bond motifs is 1. The first-order valence-corrected chi connectivity index (χ1v) is 12.5. The summed E-state index contributed by atoms with van der Waals surface area (Å²) < 4.78 is 42.6. The van der Waals surface area contributed by atoms with Gasteiger partial charge in [-0.1, -0.05) is 25.1 Å². The highest BCUT2D eigenvalue weighted by molar-refractivity contribution is 5.88. The van der Waals surface area contributed by atoms with E-state index in [1.165, 1.54) is 18.6 Å². The lowest BCUT2D eigenvalue weighted by Gasteiger charge is -2.30. The van der Waals surface area contributed by atoms with Gasteiger partial charge in [-0.25, -0.2) is 28.1 Å². The van der Waals surface area contributed by atoms with Gasteiger partial charge in [0.15, 0.2) is 5.65 Å². The molecular formula is C27H29F3N6. The zero-order valence-electron chi connectivity index (χ0n) is 20.5. The maximum atomic E-state index is 14.9. The Hall–Kier alpha value is -3.25. The summed E-state index contributed by atoms with van der Waals surface area (Å²) in [4.78, 5) is 16.6. The fraction of sp³-hybridized carbons (Fsp3) is 0.481. The van der Waals surface area contributed by atoms with Crippen LogP contribution in [0.4, 0.5) is 19.0 Å². The monoisotopic (exact) mass is 494 g/mol. The summed E-state index contributed by atoms with van der Waals surface area (Å²) in [5.74, 6) is -3.12. The highest BCUT2D eigenvalue weighted by Gasteiger charge is 2.46. The summed E-state index contributed by atoms with van der Waals surface area (Å²) in [6, 6.07) is 8.40. The van der Waals surface area contributed by atoms with Crippen molar-refractivity contribution in [1.29, 1.82) is 5.26 Å². The van der Waals surface area contributed by atoms with Crippen LogP contribution in [0.15, 0.2) is 24.3 Å². The van der Waals surface area contributed by atoms with Gasteiger partial charge in [0.05, 0.1) is 22.4 Å². The summed E-state index contributed by atoms with van der Waals surface area (Å²) in [6.45, 7) is 5.63. The topological polar surface area (TPSA) is 77.7 Å². The molecule has 2 fully saturated rings. The average Bonchev–Trinajstić information content (AvgIpc) is 3.62. The fourth-order valence-corrected chi connectivity index (χ4v) is 4.73. The van der Waals surface area contributed by atoms with Crippen molar-refractivity contribution in [3.63, 3.8) is 0 Å². The number of anilines is 1. The quantitative estimate of drug-likeness (QED) is 0.438. The minimum absolute atomic E-state index is 0.0261. The Morgan fingerprint density at radius 2 is 1.97 bits per heavy atom. The first-order valence-electron chi connectivity index (χ1n) is 12.5. The number of rotatable bonds is 9. The standard InChI is InChI=1S/C27H29F3N6/c1-3-21-20(27(16-31)9-10-27)14-18-24(32-15-17-6-4-7-19(23(17)28)26(2,29)30)34-22(35-25(18)33-21)8-13-36-11-5-12-36/h4,6-7,14H,3,5,8-13,15H2,1-2H3,(H,32,33,34,35). The number of pyridine rings is 1. The number of nitriles is 1. The Labute approximate surface area is 208 Å². The molecule has 0 amide bonds. The largest absolute Gasteiger partial charge is 0.365 e. The van der Waals surface area contributed by atoms with Crippen LogP contribution >= 0.6 is 0 Å². The summed E-state index contributed by atoms with van der Waals surface area (Å²) in [6.07, 6.45) is 4.07. The average molecular weight is 495 g/mol. The molecule has 3 heterocycles. The van der Waals surface area contributed by atoms with Gasteiger partial charge in [-0.3, -0.25) is 0 Å². The molecule has 1 N–H and O–H groups in total. The third-order valence-electron chi connectivity index (χ3n) is 7.22. The van der Waals surface area contributed by atoms with Gasteiger partial charge in [0.2, 0.25) is 0 Å². The minimum Gasteiger partial charge on any atom is -0.365 e. The molecule has 0 spiro atoms. The fourth-order valence-electron chi connectivity index (χ4n) is 4.73. The van der Waals surface area contributed by atoms with Crippen LogP contribution < -0.4 is 5.32 Å². The molecule has 0 radical (unpaired) electrons. The van der Waals surface area contributed by atoms with Crippen LogP contribution in [0.25, 0.3) is 11.0 Å². The van der Waals surface area contributed by atoms with Crippen LogP contribution in [-0.2, 0) is 30.7 Å². The Kier molecular flexibility index (Phi) is 6.33. The maximum absolute atomic E-state index is 14.9. The van der Waals surface area contributed by atoms with Gasteiger partial charge >= 0.3 is 0 Å². The highest BCUT2D eigenvalue weighted by Crippen LogP contribution is 2.49. The Morgan fingerprint density at radius 3 is 2.58 bits per heavy atom. The molecular weight excluding hydrogens is 465 g/mol. The smallest absolute Gasteiger partial charge is 0.273 e. The third-order valence-corrected chi connectivity index (χ3v) is 7.22. The molecule has 1 aliphatic heterocycles. The number of alkyl halides is 2. The number of aryl methyl sites for hydroxylation is 1. The first kappa shape index (κ1) is 24.4. The van der Waals surface area contributed by atoms with Crippen molar-refractivity contribution in [1.82, 2.24) is 19.9 Å². The number of hydrogen-bond donors (Lipinski definition) is 1.